The first-order chi connectivity index (χ1) is 11.1. The molecule has 0 aliphatic carbocycles. The zero-order valence-corrected chi connectivity index (χ0v) is 12.8. The number of carbonyl (C=O) groups excluding carboxylic acids is 2. The van der Waals surface area contributed by atoms with Crippen molar-refractivity contribution in [3.05, 3.63) is 71.8 Å². The minimum atomic E-state index is -0.751. The highest BCUT2D eigenvalue weighted by molar-refractivity contribution is 5.84. The largest absolute Gasteiger partial charge is 0.445 e. The molecule has 5 heteroatoms. The number of hydrogen-bond acceptors (Lipinski definition) is 3. The molecule has 0 saturated carbocycles. The molecular formula is C18H20N2O3. The number of amides is 2. The lowest BCUT2D eigenvalue weighted by Crippen LogP contribution is -2.44. The number of primary amides is 1. The number of ether oxygens (including phenoxy) is 1. The summed E-state index contributed by atoms with van der Waals surface area (Å²) in [5.74, 6) is -0.572. The molecular weight excluding hydrogens is 292 g/mol. The summed E-state index contributed by atoms with van der Waals surface area (Å²) in [7, 11) is 0. The molecule has 2 aromatic carbocycles. The van der Waals surface area contributed by atoms with Crippen LogP contribution < -0.4 is 11.1 Å². The second kappa shape index (κ2) is 8.58. The molecule has 3 N–H and O–H groups in total. The first-order valence-electron chi connectivity index (χ1n) is 7.45. The van der Waals surface area contributed by atoms with Gasteiger partial charge in [0.15, 0.2) is 0 Å². The Hall–Kier alpha value is -2.82. The summed E-state index contributed by atoms with van der Waals surface area (Å²) < 4.78 is 5.10. The Morgan fingerprint density at radius 2 is 1.52 bits per heavy atom. The molecule has 120 valence electrons. The molecule has 1 atom stereocenters. The van der Waals surface area contributed by atoms with Crippen LogP contribution in [0.25, 0.3) is 0 Å². The zero-order chi connectivity index (χ0) is 16.5. The molecule has 0 saturated heterocycles. The van der Waals surface area contributed by atoms with E-state index in [2.05, 4.69) is 5.32 Å². The van der Waals surface area contributed by atoms with Crippen LogP contribution in [0.2, 0.25) is 0 Å². The van der Waals surface area contributed by atoms with E-state index in [4.69, 9.17) is 10.5 Å². The fourth-order valence-corrected chi connectivity index (χ4v) is 2.15. The van der Waals surface area contributed by atoms with Crippen LogP contribution in [-0.4, -0.2) is 18.0 Å². The van der Waals surface area contributed by atoms with E-state index in [-0.39, 0.29) is 6.61 Å². The number of alkyl carbamates (subject to hydrolysis) is 1. The van der Waals surface area contributed by atoms with Crippen molar-refractivity contribution in [2.45, 2.75) is 25.5 Å². The quantitative estimate of drug-likeness (QED) is 0.823. The number of hydrogen-bond donors (Lipinski definition) is 2. The zero-order valence-electron chi connectivity index (χ0n) is 12.8. The molecule has 0 aliphatic rings. The van der Waals surface area contributed by atoms with Gasteiger partial charge in [-0.05, 0) is 24.0 Å². The van der Waals surface area contributed by atoms with Crippen LogP contribution in [-0.2, 0) is 22.6 Å². The standard InChI is InChI=1S/C18H20N2O3/c19-17(21)16(12-11-14-7-3-1-4-8-14)20-18(22)23-13-15-9-5-2-6-10-15/h1-10,16H,11-13H2,(H2,19,21)(H,20,22)/t16-/m0/s1. The predicted octanol–water partition coefficient (Wildman–Crippen LogP) is 2.40. The summed E-state index contributed by atoms with van der Waals surface area (Å²) in [5.41, 5.74) is 7.31. The topological polar surface area (TPSA) is 81.4 Å². The van der Waals surface area contributed by atoms with E-state index >= 15 is 0 Å². The number of nitrogens with two attached hydrogens (primary N) is 1. The fraction of sp³-hybridized carbons (Fsp3) is 0.222. The first kappa shape index (κ1) is 16.5. The van der Waals surface area contributed by atoms with Crippen LogP contribution in [0.3, 0.4) is 0 Å². The number of nitrogens with one attached hydrogen (secondary N) is 1. The van der Waals surface area contributed by atoms with Crippen molar-refractivity contribution in [1.29, 1.82) is 0 Å². The number of rotatable bonds is 7. The molecule has 0 spiro atoms. The highest BCUT2D eigenvalue weighted by Crippen LogP contribution is 2.06. The average Bonchev–Trinajstić information content (AvgIpc) is 2.58. The summed E-state index contributed by atoms with van der Waals surface area (Å²) in [6.45, 7) is 0.150. The van der Waals surface area contributed by atoms with Crippen LogP contribution >= 0.6 is 0 Å². The molecule has 2 aromatic rings. The highest BCUT2D eigenvalue weighted by Gasteiger charge is 2.18. The number of aryl methyl sites for hydroxylation is 1. The van der Waals surface area contributed by atoms with Crippen molar-refractivity contribution in [1.82, 2.24) is 5.32 Å². The molecule has 2 amide bonds. The lowest BCUT2D eigenvalue weighted by molar-refractivity contribution is -0.120. The van der Waals surface area contributed by atoms with Gasteiger partial charge in [0, 0.05) is 0 Å². The molecule has 2 rings (SSSR count). The minimum absolute atomic E-state index is 0.150. The summed E-state index contributed by atoms with van der Waals surface area (Å²) >= 11 is 0. The molecule has 5 nitrogen and oxygen atoms in total. The van der Waals surface area contributed by atoms with Gasteiger partial charge in [-0.1, -0.05) is 60.7 Å². The Labute approximate surface area is 135 Å². The van der Waals surface area contributed by atoms with Gasteiger partial charge in [-0.2, -0.15) is 0 Å². The SMILES string of the molecule is NC(=O)[C@H](CCc1ccccc1)NC(=O)OCc1ccccc1. The maximum absolute atomic E-state index is 11.8. The molecule has 0 aromatic heterocycles. The number of carbonyl (C=O) groups is 2. The lowest BCUT2D eigenvalue weighted by Gasteiger charge is -2.15. The van der Waals surface area contributed by atoms with Crippen LogP contribution in [0.5, 0.6) is 0 Å². The molecule has 0 aliphatic heterocycles. The molecule has 0 radical (unpaired) electrons. The van der Waals surface area contributed by atoms with Crippen LogP contribution in [0, 0.1) is 0 Å². The van der Waals surface area contributed by atoms with Crippen LogP contribution in [0.15, 0.2) is 60.7 Å². The monoisotopic (exact) mass is 312 g/mol. The molecule has 0 heterocycles. The lowest BCUT2D eigenvalue weighted by atomic mass is 10.1. The maximum Gasteiger partial charge on any atom is 0.408 e. The van der Waals surface area contributed by atoms with Gasteiger partial charge in [-0.25, -0.2) is 4.79 Å². The van der Waals surface area contributed by atoms with Crippen molar-refractivity contribution in [2.75, 3.05) is 0 Å². The second-order valence-electron chi connectivity index (χ2n) is 5.19. The Bertz CT molecular complexity index is 629. The highest BCUT2D eigenvalue weighted by atomic mass is 16.5. The Morgan fingerprint density at radius 1 is 0.957 bits per heavy atom. The number of benzene rings is 2. The van der Waals surface area contributed by atoms with Gasteiger partial charge in [0.1, 0.15) is 12.6 Å². The Morgan fingerprint density at radius 3 is 2.09 bits per heavy atom. The maximum atomic E-state index is 11.8. The van der Waals surface area contributed by atoms with Gasteiger partial charge >= 0.3 is 6.09 Å². The smallest absolute Gasteiger partial charge is 0.408 e. The molecule has 0 unspecified atom stereocenters. The van der Waals surface area contributed by atoms with Crippen molar-refractivity contribution in [3.63, 3.8) is 0 Å². The van der Waals surface area contributed by atoms with Gasteiger partial charge in [0.05, 0.1) is 0 Å². The van der Waals surface area contributed by atoms with E-state index < -0.39 is 18.0 Å². The van der Waals surface area contributed by atoms with Crippen LogP contribution in [0.1, 0.15) is 17.5 Å². The van der Waals surface area contributed by atoms with E-state index in [9.17, 15) is 9.59 Å². The average molecular weight is 312 g/mol. The molecule has 0 bridgehead atoms. The summed E-state index contributed by atoms with van der Waals surface area (Å²) in [5, 5.41) is 2.52. The van der Waals surface area contributed by atoms with Crippen molar-refractivity contribution in [3.8, 4) is 0 Å². The van der Waals surface area contributed by atoms with E-state index in [1.165, 1.54) is 0 Å². The normalized spacial score (nSPS) is 11.5. The fourth-order valence-electron chi connectivity index (χ4n) is 2.15. The Kier molecular flexibility index (Phi) is 6.17. The third kappa shape index (κ3) is 5.82. The summed E-state index contributed by atoms with van der Waals surface area (Å²) in [6.07, 6.45) is 0.429. The molecule has 0 fully saturated rings. The van der Waals surface area contributed by atoms with Crippen LogP contribution in [0.4, 0.5) is 4.79 Å². The third-order valence-corrected chi connectivity index (χ3v) is 3.41. The summed E-state index contributed by atoms with van der Waals surface area (Å²) in [6, 6.07) is 18.3. The predicted molar refractivity (Wildman–Crippen MR) is 87.5 cm³/mol. The van der Waals surface area contributed by atoms with Gasteiger partial charge in [-0.3, -0.25) is 4.79 Å². The van der Waals surface area contributed by atoms with E-state index in [0.29, 0.717) is 12.8 Å². The van der Waals surface area contributed by atoms with E-state index in [1.807, 2.05) is 60.7 Å². The molecule has 23 heavy (non-hydrogen) atoms. The van der Waals surface area contributed by atoms with Crippen molar-refractivity contribution in [2.24, 2.45) is 5.73 Å². The third-order valence-electron chi connectivity index (χ3n) is 3.41. The van der Waals surface area contributed by atoms with Gasteiger partial charge in [0.2, 0.25) is 5.91 Å². The van der Waals surface area contributed by atoms with E-state index in [0.717, 1.165) is 11.1 Å². The Balaban J connectivity index is 1.81. The minimum Gasteiger partial charge on any atom is -0.445 e. The van der Waals surface area contributed by atoms with Crippen molar-refractivity contribution < 1.29 is 14.3 Å². The van der Waals surface area contributed by atoms with Crippen molar-refractivity contribution >= 4 is 12.0 Å². The second-order valence-corrected chi connectivity index (χ2v) is 5.19. The van der Waals surface area contributed by atoms with Gasteiger partial charge in [-0.15, -0.1) is 0 Å². The van der Waals surface area contributed by atoms with Gasteiger partial charge < -0.3 is 15.8 Å². The first-order valence-corrected chi connectivity index (χ1v) is 7.45. The van der Waals surface area contributed by atoms with Gasteiger partial charge in [0.25, 0.3) is 0 Å². The summed E-state index contributed by atoms with van der Waals surface area (Å²) in [4.78, 5) is 23.3. The van der Waals surface area contributed by atoms with E-state index in [1.54, 1.807) is 0 Å².